The Labute approximate surface area is 115 Å². The lowest BCUT2D eigenvalue weighted by molar-refractivity contribution is -0.384. The van der Waals surface area contributed by atoms with Crippen LogP contribution in [0.15, 0.2) is 12.1 Å². The van der Waals surface area contributed by atoms with E-state index < -0.39 is 4.92 Å². The van der Waals surface area contributed by atoms with Crippen LogP contribution >= 0.6 is 11.6 Å². The van der Waals surface area contributed by atoms with Crippen LogP contribution in [0.4, 0.5) is 11.5 Å². The minimum atomic E-state index is -0.535. The van der Waals surface area contributed by atoms with Gasteiger partial charge < -0.3 is 10.2 Å². The van der Waals surface area contributed by atoms with Gasteiger partial charge in [-0.15, -0.1) is 0 Å². The van der Waals surface area contributed by atoms with Crippen LogP contribution in [0.1, 0.15) is 6.92 Å². The average molecular weight is 287 g/mol. The molecule has 1 unspecified atom stereocenters. The van der Waals surface area contributed by atoms with Gasteiger partial charge >= 0.3 is 0 Å². The first-order valence-electron chi connectivity index (χ1n) is 5.60. The number of pyridine rings is 1. The largest absolute Gasteiger partial charge is 0.359 e. The lowest BCUT2D eigenvalue weighted by atomic mass is 10.1. The summed E-state index contributed by atoms with van der Waals surface area (Å²) in [5.41, 5.74) is -0.130. The number of carbonyl (C=O) groups excluding carboxylic acids is 1. The van der Waals surface area contributed by atoms with Crippen LogP contribution < -0.4 is 10.2 Å². The van der Waals surface area contributed by atoms with E-state index in [2.05, 4.69) is 10.3 Å². The molecule has 7 nitrogen and oxygen atoms in total. The maximum atomic E-state index is 11.4. The van der Waals surface area contributed by atoms with E-state index in [1.54, 1.807) is 25.9 Å². The lowest BCUT2D eigenvalue weighted by Crippen LogP contribution is -2.34. The number of amides is 1. The zero-order valence-corrected chi connectivity index (χ0v) is 11.6. The second-order valence-corrected chi connectivity index (χ2v) is 4.55. The first-order valence-corrected chi connectivity index (χ1v) is 5.97. The Morgan fingerprint density at radius 1 is 1.63 bits per heavy atom. The average Bonchev–Trinajstić information content (AvgIpc) is 2.36. The standard InChI is InChI=1S/C11H15ClN4O3/c1-7(11(17)13-2)6-15(3)10-5-8(16(18)19)4-9(12)14-10/h4-5,7H,6H2,1-3H3,(H,13,17). The summed E-state index contributed by atoms with van der Waals surface area (Å²) >= 11 is 5.74. The number of halogens is 1. The predicted molar refractivity (Wildman–Crippen MR) is 72.4 cm³/mol. The van der Waals surface area contributed by atoms with Crippen molar-refractivity contribution in [1.82, 2.24) is 10.3 Å². The smallest absolute Gasteiger partial charge is 0.276 e. The summed E-state index contributed by atoms with van der Waals surface area (Å²) in [5.74, 6) is -0.0202. The van der Waals surface area contributed by atoms with Crippen molar-refractivity contribution in [2.24, 2.45) is 5.92 Å². The van der Waals surface area contributed by atoms with Crippen molar-refractivity contribution in [2.45, 2.75) is 6.92 Å². The highest BCUT2D eigenvalue weighted by Crippen LogP contribution is 2.23. The predicted octanol–water partition coefficient (Wildman–Crippen LogP) is 1.46. The number of aromatic nitrogens is 1. The number of carbonyl (C=O) groups is 1. The third-order valence-corrected chi connectivity index (χ3v) is 2.80. The van der Waals surface area contributed by atoms with E-state index in [-0.39, 0.29) is 22.7 Å². The first kappa shape index (κ1) is 15.2. The molecular weight excluding hydrogens is 272 g/mol. The second-order valence-electron chi connectivity index (χ2n) is 4.16. The number of nitro groups is 1. The minimum Gasteiger partial charge on any atom is -0.359 e. The van der Waals surface area contributed by atoms with Crippen LogP contribution in [0.25, 0.3) is 0 Å². The van der Waals surface area contributed by atoms with E-state index in [0.717, 1.165) is 0 Å². The number of rotatable bonds is 5. The van der Waals surface area contributed by atoms with Crippen molar-refractivity contribution < 1.29 is 9.72 Å². The number of hydrogen-bond donors (Lipinski definition) is 1. The number of anilines is 1. The molecule has 1 amide bonds. The van der Waals surface area contributed by atoms with Gasteiger partial charge in [-0.05, 0) is 0 Å². The van der Waals surface area contributed by atoms with Crippen molar-refractivity contribution in [3.63, 3.8) is 0 Å². The molecule has 1 rings (SSSR count). The van der Waals surface area contributed by atoms with E-state index in [1.807, 2.05) is 0 Å². The fraction of sp³-hybridized carbons (Fsp3) is 0.455. The van der Waals surface area contributed by atoms with Crippen LogP contribution in [0, 0.1) is 16.0 Å². The van der Waals surface area contributed by atoms with Gasteiger partial charge in [0.15, 0.2) is 0 Å². The van der Waals surface area contributed by atoms with Crippen molar-refractivity contribution in [3.05, 3.63) is 27.4 Å². The van der Waals surface area contributed by atoms with Gasteiger partial charge in [0.1, 0.15) is 11.0 Å². The summed E-state index contributed by atoms with van der Waals surface area (Å²) in [6.07, 6.45) is 0. The third-order valence-electron chi connectivity index (χ3n) is 2.61. The quantitative estimate of drug-likeness (QED) is 0.503. The zero-order chi connectivity index (χ0) is 14.6. The molecule has 0 aliphatic carbocycles. The van der Waals surface area contributed by atoms with Gasteiger partial charge in [-0.1, -0.05) is 18.5 Å². The SMILES string of the molecule is CNC(=O)C(C)CN(C)c1cc([N+](=O)[O-])cc(Cl)n1. The van der Waals surface area contributed by atoms with Gasteiger partial charge in [0.05, 0.1) is 23.0 Å². The molecule has 0 fully saturated rings. The molecule has 0 bridgehead atoms. The third kappa shape index (κ3) is 4.06. The molecule has 0 spiro atoms. The summed E-state index contributed by atoms with van der Waals surface area (Å²) in [6, 6.07) is 2.50. The van der Waals surface area contributed by atoms with Gasteiger partial charge in [0, 0.05) is 20.6 Å². The van der Waals surface area contributed by atoms with Gasteiger partial charge in [0.2, 0.25) is 5.91 Å². The number of nitrogens with zero attached hydrogens (tertiary/aromatic N) is 3. The highest BCUT2D eigenvalue weighted by Gasteiger charge is 2.17. The minimum absolute atomic E-state index is 0.0450. The van der Waals surface area contributed by atoms with Crippen LogP contribution in [-0.2, 0) is 4.79 Å². The zero-order valence-electron chi connectivity index (χ0n) is 10.9. The molecule has 0 aliphatic heterocycles. The molecule has 0 saturated carbocycles. The van der Waals surface area contributed by atoms with E-state index in [4.69, 9.17) is 11.6 Å². The topological polar surface area (TPSA) is 88.4 Å². The van der Waals surface area contributed by atoms with E-state index in [9.17, 15) is 14.9 Å². The van der Waals surface area contributed by atoms with Crippen molar-refractivity contribution >= 4 is 29.0 Å². The summed E-state index contributed by atoms with van der Waals surface area (Å²) in [4.78, 5) is 27.3. The van der Waals surface area contributed by atoms with Crippen LogP contribution in [0.5, 0.6) is 0 Å². The van der Waals surface area contributed by atoms with E-state index in [1.165, 1.54) is 12.1 Å². The number of hydrogen-bond acceptors (Lipinski definition) is 5. The van der Waals surface area contributed by atoms with E-state index in [0.29, 0.717) is 12.4 Å². The van der Waals surface area contributed by atoms with Crippen LogP contribution in [-0.4, -0.2) is 36.5 Å². The lowest BCUT2D eigenvalue weighted by Gasteiger charge is -2.21. The molecule has 1 N–H and O–H groups in total. The maximum absolute atomic E-state index is 11.4. The monoisotopic (exact) mass is 286 g/mol. The first-order chi connectivity index (χ1) is 8.85. The molecule has 0 saturated heterocycles. The molecule has 1 aromatic rings. The summed E-state index contributed by atoms with van der Waals surface area (Å²) in [7, 11) is 3.25. The molecule has 1 atom stereocenters. The van der Waals surface area contributed by atoms with Crippen LogP contribution in [0.3, 0.4) is 0 Å². The Morgan fingerprint density at radius 3 is 2.79 bits per heavy atom. The van der Waals surface area contributed by atoms with Gasteiger partial charge in [0.25, 0.3) is 5.69 Å². The van der Waals surface area contributed by atoms with Gasteiger partial charge in [-0.25, -0.2) is 4.98 Å². The summed E-state index contributed by atoms with van der Waals surface area (Å²) in [5, 5.41) is 13.3. The Kier molecular flexibility index (Phi) is 5.05. The Morgan fingerprint density at radius 2 is 2.26 bits per heavy atom. The highest BCUT2D eigenvalue weighted by atomic mass is 35.5. The summed E-state index contributed by atoms with van der Waals surface area (Å²) < 4.78 is 0. The molecule has 19 heavy (non-hydrogen) atoms. The van der Waals surface area contributed by atoms with Gasteiger partial charge in [-0.2, -0.15) is 0 Å². The van der Waals surface area contributed by atoms with Gasteiger partial charge in [-0.3, -0.25) is 14.9 Å². The molecule has 104 valence electrons. The number of nitrogens with one attached hydrogen (secondary N) is 1. The maximum Gasteiger partial charge on any atom is 0.276 e. The van der Waals surface area contributed by atoms with E-state index >= 15 is 0 Å². The normalized spacial score (nSPS) is 11.8. The molecular formula is C11H15ClN4O3. The van der Waals surface area contributed by atoms with Crippen molar-refractivity contribution in [3.8, 4) is 0 Å². The van der Waals surface area contributed by atoms with Crippen LogP contribution in [0.2, 0.25) is 5.15 Å². The highest BCUT2D eigenvalue weighted by molar-refractivity contribution is 6.29. The fourth-order valence-corrected chi connectivity index (χ4v) is 1.80. The molecule has 0 radical (unpaired) electrons. The Hall–Kier alpha value is -1.89. The molecule has 8 heteroatoms. The molecule has 1 aromatic heterocycles. The van der Waals surface area contributed by atoms with Crippen molar-refractivity contribution in [2.75, 3.05) is 25.5 Å². The fourth-order valence-electron chi connectivity index (χ4n) is 1.60. The Bertz CT molecular complexity index is 495. The molecule has 0 aromatic carbocycles. The molecule has 0 aliphatic rings. The summed E-state index contributed by atoms with van der Waals surface area (Å²) in [6.45, 7) is 2.14. The molecule has 1 heterocycles. The van der Waals surface area contributed by atoms with Crippen molar-refractivity contribution in [1.29, 1.82) is 0 Å². The Balaban J connectivity index is 2.90. The second kappa shape index (κ2) is 6.33.